The van der Waals surface area contributed by atoms with Crippen LogP contribution in [0.15, 0.2) is 35.2 Å². The molecule has 27 heavy (non-hydrogen) atoms. The maximum Gasteiger partial charge on any atom is 0.276 e. The molecule has 0 unspecified atom stereocenters. The number of hydrazine groups is 1. The zero-order valence-corrected chi connectivity index (χ0v) is 16.2. The normalized spacial score (nSPS) is 16.6. The second kappa shape index (κ2) is 7.06. The number of amides is 2. The van der Waals surface area contributed by atoms with E-state index in [1.54, 1.807) is 17.0 Å². The Kier molecular flexibility index (Phi) is 4.75. The summed E-state index contributed by atoms with van der Waals surface area (Å²) in [5.41, 5.74) is 4.13. The summed E-state index contributed by atoms with van der Waals surface area (Å²) in [6, 6.07) is 7.88. The smallest absolute Gasteiger partial charge is 0.276 e. The van der Waals surface area contributed by atoms with E-state index in [1.807, 2.05) is 6.07 Å². The molecule has 1 aliphatic carbocycles. The van der Waals surface area contributed by atoms with Crippen LogP contribution in [0, 0.1) is 0 Å². The number of aryl methyl sites for hydroxylation is 2. The van der Waals surface area contributed by atoms with Gasteiger partial charge in [-0.15, -0.1) is 16.2 Å². The SMILES string of the molecule is O=C(NNS(=O)(=O)c1ccc(N2CCCC2=O)cc1)c1cc2c(s1)CCC2. The van der Waals surface area contributed by atoms with Gasteiger partial charge < -0.3 is 4.90 Å². The van der Waals surface area contributed by atoms with Crippen LogP contribution in [-0.2, 0) is 27.7 Å². The van der Waals surface area contributed by atoms with E-state index in [0.29, 0.717) is 23.5 Å². The first-order valence-electron chi connectivity index (χ1n) is 8.78. The first-order valence-corrected chi connectivity index (χ1v) is 11.1. The molecule has 7 nitrogen and oxygen atoms in total. The highest BCUT2D eigenvalue weighted by Gasteiger charge is 2.23. The van der Waals surface area contributed by atoms with Crippen molar-refractivity contribution in [2.45, 2.75) is 37.0 Å². The molecule has 0 spiro atoms. The number of anilines is 1. The number of carbonyl (C=O) groups is 2. The number of thiophene rings is 1. The molecule has 2 N–H and O–H groups in total. The molecule has 0 bridgehead atoms. The number of rotatable bonds is 5. The fraction of sp³-hybridized carbons (Fsp3) is 0.333. The summed E-state index contributed by atoms with van der Waals surface area (Å²) >= 11 is 1.41. The largest absolute Gasteiger partial charge is 0.312 e. The monoisotopic (exact) mass is 405 g/mol. The second-order valence-electron chi connectivity index (χ2n) is 6.62. The third-order valence-electron chi connectivity index (χ3n) is 4.80. The van der Waals surface area contributed by atoms with Gasteiger partial charge in [0.2, 0.25) is 5.91 Å². The van der Waals surface area contributed by atoms with Gasteiger partial charge in [-0.05, 0) is 61.6 Å². The standard InChI is InChI=1S/C18H19N3O4S2/c22-17-5-2-10-21(17)13-6-8-14(9-7-13)27(24,25)20-19-18(23)16-11-12-3-1-4-15(12)26-16/h6-9,11,20H,1-5,10H2,(H,19,23). The second-order valence-corrected chi connectivity index (χ2v) is 9.43. The van der Waals surface area contributed by atoms with Crippen LogP contribution in [0.4, 0.5) is 5.69 Å². The molecule has 2 aliphatic rings. The highest BCUT2D eigenvalue weighted by Crippen LogP contribution is 2.30. The molecule has 4 rings (SSSR count). The number of hydrogen-bond acceptors (Lipinski definition) is 5. The molecule has 2 amide bonds. The highest BCUT2D eigenvalue weighted by atomic mass is 32.2. The van der Waals surface area contributed by atoms with Gasteiger partial charge in [-0.25, -0.2) is 8.42 Å². The van der Waals surface area contributed by atoms with Crippen molar-refractivity contribution >= 4 is 38.9 Å². The number of benzene rings is 1. The lowest BCUT2D eigenvalue weighted by Gasteiger charge is -2.16. The van der Waals surface area contributed by atoms with Crippen molar-refractivity contribution in [2.24, 2.45) is 0 Å². The maximum atomic E-state index is 12.4. The summed E-state index contributed by atoms with van der Waals surface area (Å²) < 4.78 is 24.8. The summed E-state index contributed by atoms with van der Waals surface area (Å²) in [5.74, 6) is -0.420. The molecule has 142 valence electrons. The number of fused-ring (bicyclic) bond motifs is 1. The van der Waals surface area contributed by atoms with Crippen molar-refractivity contribution in [1.82, 2.24) is 10.3 Å². The van der Waals surface area contributed by atoms with Crippen LogP contribution in [0.2, 0.25) is 0 Å². The fourth-order valence-corrected chi connectivity index (χ4v) is 5.39. The molecule has 9 heteroatoms. The fourth-order valence-electron chi connectivity index (χ4n) is 3.40. The van der Waals surface area contributed by atoms with Gasteiger partial charge in [0.15, 0.2) is 0 Å². The van der Waals surface area contributed by atoms with Crippen molar-refractivity contribution in [2.75, 3.05) is 11.4 Å². The first-order chi connectivity index (χ1) is 12.9. The summed E-state index contributed by atoms with van der Waals surface area (Å²) in [6.45, 7) is 0.643. The molecule has 1 fully saturated rings. The molecule has 1 saturated heterocycles. The van der Waals surface area contributed by atoms with Gasteiger partial charge in [-0.1, -0.05) is 0 Å². The van der Waals surface area contributed by atoms with Gasteiger partial charge >= 0.3 is 0 Å². The lowest BCUT2D eigenvalue weighted by atomic mass is 10.2. The van der Waals surface area contributed by atoms with Crippen LogP contribution < -0.4 is 15.2 Å². The molecular weight excluding hydrogens is 386 g/mol. The number of sulfonamides is 1. The van der Waals surface area contributed by atoms with E-state index in [1.165, 1.54) is 33.9 Å². The van der Waals surface area contributed by atoms with E-state index in [-0.39, 0.29) is 10.8 Å². The Morgan fingerprint density at radius 2 is 1.85 bits per heavy atom. The van der Waals surface area contributed by atoms with Crippen LogP contribution in [0.5, 0.6) is 0 Å². The van der Waals surface area contributed by atoms with Crippen molar-refractivity contribution in [3.63, 3.8) is 0 Å². The summed E-state index contributed by atoms with van der Waals surface area (Å²) in [5, 5.41) is 0. The van der Waals surface area contributed by atoms with Crippen LogP contribution in [0.3, 0.4) is 0 Å². The number of nitrogens with zero attached hydrogens (tertiary/aromatic N) is 1. The Hall–Kier alpha value is -2.23. The molecule has 0 atom stereocenters. The Balaban J connectivity index is 1.42. The average Bonchev–Trinajstić information content (AvgIpc) is 3.35. The van der Waals surface area contributed by atoms with E-state index in [2.05, 4.69) is 10.3 Å². The number of nitrogens with one attached hydrogen (secondary N) is 2. The molecule has 1 aromatic carbocycles. The van der Waals surface area contributed by atoms with Gasteiger partial charge in [0.1, 0.15) is 0 Å². The predicted octanol–water partition coefficient (Wildman–Crippen LogP) is 1.99. The molecule has 0 saturated carbocycles. The third-order valence-corrected chi connectivity index (χ3v) is 7.30. The van der Waals surface area contributed by atoms with Gasteiger partial charge in [0.05, 0.1) is 9.77 Å². The van der Waals surface area contributed by atoms with Crippen molar-refractivity contribution < 1.29 is 18.0 Å². The quantitative estimate of drug-likeness (QED) is 0.744. The van der Waals surface area contributed by atoms with E-state index >= 15 is 0 Å². The minimum atomic E-state index is -3.89. The van der Waals surface area contributed by atoms with Crippen molar-refractivity contribution in [3.8, 4) is 0 Å². The molecule has 2 aromatic rings. The van der Waals surface area contributed by atoms with E-state index < -0.39 is 15.9 Å². The average molecular weight is 406 g/mol. The molecule has 1 aliphatic heterocycles. The molecule has 1 aromatic heterocycles. The topological polar surface area (TPSA) is 95.6 Å². The van der Waals surface area contributed by atoms with Gasteiger partial charge in [0, 0.05) is 23.5 Å². The highest BCUT2D eigenvalue weighted by molar-refractivity contribution is 7.89. The van der Waals surface area contributed by atoms with Crippen LogP contribution in [-0.4, -0.2) is 26.8 Å². The van der Waals surface area contributed by atoms with E-state index in [9.17, 15) is 18.0 Å². The molecule has 0 radical (unpaired) electrons. The Bertz CT molecular complexity index is 975. The van der Waals surface area contributed by atoms with Crippen LogP contribution >= 0.6 is 11.3 Å². The lowest BCUT2D eigenvalue weighted by molar-refractivity contribution is -0.117. The van der Waals surface area contributed by atoms with Crippen molar-refractivity contribution in [3.05, 3.63) is 45.6 Å². The summed E-state index contributed by atoms with van der Waals surface area (Å²) in [4.78, 5) is 29.5. The lowest BCUT2D eigenvalue weighted by Crippen LogP contribution is -2.41. The minimum absolute atomic E-state index is 0.0202. The van der Waals surface area contributed by atoms with E-state index in [4.69, 9.17) is 0 Å². The maximum absolute atomic E-state index is 12.4. The third kappa shape index (κ3) is 3.62. The summed E-state index contributed by atoms with van der Waals surface area (Å²) in [7, 11) is -3.89. The van der Waals surface area contributed by atoms with Gasteiger partial charge in [-0.2, -0.15) is 0 Å². The predicted molar refractivity (Wildman–Crippen MR) is 102 cm³/mol. The van der Waals surface area contributed by atoms with Gasteiger partial charge in [0.25, 0.3) is 15.9 Å². The Morgan fingerprint density at radius 3 is 2.52 bits per heavy atom. The van der Waals surface area contributed by atoms with Crippen LogP contribution in [0.1, 0.15) is 39.4 Å². The van der Waals surface area contributed by atoms with Gasteiger partial charge in [-0.3, -0.25) is 15.0 Å². The zero-order valence-electron chi connectivity index (χ0n) is 14.5. The minimum Gasteiger partial charge on any atom is -0.312 e. The molecular formula is C18H19N3O4S2. The summed E-state index contributed by atoms with van der Waals surface area (Å²) in [6.07, 6.45) is 4.37. The van der Waals surface area contributed by atoms with E-state index in [0.717, 1.165) is 25.7 Å². The van der Waals surface area contributed by atoms with Crippen molar-refractivity contribution in [1.29, 1.82) is 0 Å². The first kappa shape index (κ1) is 18.1. The Labute approximate surface area is 161 Å². The zero-order chi connectivity index (χ0) is 19.0. The number of carbonyl (C=O) groups excluding carboxylic acids is 2. The number of hydrogen-bond donors (Lipinski definition) is 2. The van der Waals surface area contributed by atoms with Crippen LogP contribution in [0.25, 0.3) is 0 Å². The molecule has 2 heterocycles. The Morgan fingerprint density at radius 1 is 1.07 bits per heavy atom.